The first kappa shape index (κ1) is 14.8. The van der Waals surface area contributed by atoms with Crippen LogP contribution >= 0.6 is 0 Å². The molecule has 0 bridgehead atoms. The Bertz CT molecular complexity index is 769. The third kappa shape index (κ3) is 3.23. The van der Waals surface area contributed by atoms with E-state index >= 15 is 0 Å². The summed E-state index contributed by atoms with van der Waals surface area (Å²) in [6, 6.07) is 14.7. The van der Waals surface area contributed by atoms with Crippen LogP contribution in [0.15, 0.2) is 54.6 Å². The van der Waals surface area contributed by atoms with Gasteiger partial charge in [-0.3, -0.25) is 14.5 Å². The first-order chi connectivity index (χ1) is 11.2. The molecule has 1 heterocycles. The van der Waals surface area contributed by atoms with Crippen molar-refractivity contribution in [1.29, 1.82) is 0 Å². The molecule has 5 nitrogen and oxygen atoms in total. The van der Waals surface area contributed by atoms with E-state index in [2.05, 4.69) is 5.32 Å². The average Bonchev–Trinajstić information content (AvgIpc) is 2.59. The van der Waals surface area contributed by atoms with Crippen molar-refractivity contribution in [3.05, 3.63) is 60.2 Å². The van der Waals surface area contributed by atoms with Crippen LogP contribution in [0.25, 0.3) is 6.08 Å². The molecule has 0 fully saturated rings. The molecule has 5 heteroatoms. The van der Waals surface area contributed by atoms with E-state index in [-0.39, 0.29) is 18.4 Å². The number of ether oxygens (including phenoxy) is 1. The summed E-state index contributed by atoms with van der Waals surface area (Å²) in [7, 11) is 1.56. The molecule has 0 aliphatic carbocycles. The molecular formula is C18H16N2O3. The molecule has 0 saturated heterocycles. The van der Waals surface area contributed by atoms with Crippen molar-refractivity contribution in [2.75, 3.05) is 23.9 Å². The molecule has 0 spiro atoms. The number of nitrogens with one attached hydrogen (secondary N) is 1. The lowest BCUT2D eigenvalue weighted by Crippen LogP contribution is -2.41. The van der Waals surface area contributed by atoms with E-state index in [0.29, 0.717) is 17.1 Å². The number of methoxy groups -OCH3 is 1. The molecule has 2 aromatic carbocycles. The molecule has 1 N–H and O–H groups in total. The number of rotatable bonds is 3. The lowest BCUT2D eigenvalue weighted by atomic mass is 10.1. The van der Waals surface area contributed by atoms with Crippen molar-refractivity contribution in [2.24, 2.45) is 0 Å². The Morgan fingerprint density at radius 2 is 2.00 bits per heavy atom. The van der Waals surface area contributed by atoms with Crippen LogP contribution in [-0.4, -0.2) is 25.5 Å². The minimum Gasteiger partial charge on any atom is -0.497 e. The predicted octanol–water partition coefficient (Wildman–Crippen LogP) is 2.69. The molecule has 2 aromatic rings. The zero-order chi connectivity index (χ0) is 16.2. The van der Waals surface area contributed by atoms with Gasteiger partial charge in [-0.25, -0.2) is 0 Å². The highest BCUT2D eigenvalue weighted by atomic mass is 16.5. The van der Waals surface area contributed by atoms with Crippen molar-refractivity contribution < 1.29 is 14.3 Å². The molecule has 0 atom stereocenters. The molecule has 0 aromatic heterocycles. The molecule has 1 aliphatic rings. The van der Waals surface area contributed by atoms with E-state index in [1.165, 1.54) is 11.0 Å². The zero-order valence-electron chi connectivity index (χ0n) is 12.7. The van der Waals surface area contributed by atoms with Crippen molar-refractivity contribution in [1.82, 2.24) is 0 Å². The predicted molar refractivity (Wildman–Crippen MR) is 89.5 cm³/mol. The Labute approximate surface area is 134 Å². The lowest BCUT2D eigenvalue weighted by molar-refractivity contribution is -0.119. The van der Waals surface area contributed by atoms with Crippen molar-refractivity contribution in [3.63, 3.8) is 0 Å². The molecule has 116 valence electrons. The molecule has 0 saturated carbocycles. The van der Waals surface area contributed by atoms with E-state index in [0.717, 1.165) is 5.56 Å². The number of hydrogen-bond acceptors (Lipinski definition) is 3. The van der Waals surface area contributed by atoms with Gasteiger partial charge < -0.3 is 10.1 Å². The summed E-state index contributed by atoms with van der Waals surface area (Å²) < 4.78 is 5.20. The summed E-state index contributed by atoms with van der Waals surface area (Å²) in [6.45, 7) is -0.0157. The molecule has 2 amide bonds. The first-order valence-corrected chi connectivity index (χ1v) is 7.20. The van der Waals surface area contributed by atoms with Gasteiger partial charge in [-0.2, -0.15) is 0 Å². The van der Waals surface area contributed by atoms with Gasteiger partial charge in [0.05, 0.1) is 18.5 Å². The summed E-state index contributed by atoms with van der Waals surface area (Å²) in [5.74, 6) is 0.159. The Hall–Kier alpha value is -3.08. The maximum atomic E-state index is 12.5. The largest absolute Gasteiger partial charge is 0.497 e. The second kappa shape index (κ2) is 6.36. The highest BCUT2D eigenvalue weighted by molar-refractivity contribution is 6.14. The third-order valence-electron chi connectivity index (χ3n) is 3.56. The number of hydrogen-bond donors (Lipinski definition) is 1. The van der Waals surface area contributed by atoms with E-state index < -0.39 is 0 Å². The van der Waals surface area contributed by atoms with Crippen molar-refractivity contribution >= 4 is 29.3 Å². The van der Waals surface area contributed by atoms with Gasteiger partial charge in [0.15, 0.2) is 0 Å². The van der Waals surface area contributed by atoms with Gasteiger partial charge in [-0.1, -0.05) is 30.3 Å². The highest BCUT2D eigenvalue weighted by Gasteiger charge is 2.26. The maximum Gasteiger partial charge on any atom is 0.251 e. The van der Waals surface area contributed by atoms with Crippen LogP contribution in [0.3, 0.4) is 0 Å². The minimum absolute atomic E-state index is 0.0157. The number of carbonyl (C=O) groups excluding carboxylic acids is 2. The number of fused-ring (bicyclic) bond motifs is 1. The van der Waals surface area contributed by atoms with Crippen LogP contribution in [0.1, 0.15) is 5.56 Å². The van der Waals surface area contributed by atoms with Crippen molar-refractivity contribution in [3.8, 4) is 5.75 Å². The van der Waals surface area contributed by atoms with Gasteiger partial charge in [0.1, 0.15) is 12.3 Å². The standard InChI is InChI=1S/C18H16N2O3/c1-23-14-8-9-15-16(11-14)20(12-17(21)19-15)18(22)10-7-13-5-3-2-4-6-13/h2-11H,12H2,1H3,(H,19,21). The number of nitrogens with zero attached hydrogens (tertiary/aromatic N) is 1. The Morgan fingerprint density at radius 3 is 2.74 bits per heavy atom. The van der Waals surface area contributed by atoms with Crippen LogP contribution in [-0.2, 0) is 9.59 Å². The molecular weight excluding hydrogens is 292 g/mol. The number of carbonyl (C=O) groups is 2. The summed E-state index contributed by atoms with van der Waals surface area (Å²) >= 11 is 0. The molecule has 0 radical (unpaired) electrons. The SMILES string of the molecule is COc1ccc2c(c1)N(C(=O)C=Cc1ccccc1)CC(=O)N2. The van der Waals surface area contributed by atoms with Gasteiger partial charge in [0.25, 0.3) is 5.91 Å². The van der Waals surface area contributed by atoms with E-state index in [1.807, 2.05) is 30.3 Å². The van der Waals surface area contributed by atoms with Crippen LogP contribution in [0.4, 0.5) is 11.4 Å². The Morgan fingerprint density at radius 1 is 1.22 bits per heavy atom. The van der Waals surface area contributed by atoms with Crippen LogP contribution in [0.5, 0.6) is 5.75 Å². The van der Waals surface area contributed by atoms with Crippen LogP contribution in [0, 0.1) is 0 Å². The number of amides is 2. The van der Waals surface area contributed by atoms with Crippen LogP contribution in [0.2, 0.25) is 0 Å². The Balaban J connectivity index is 1.89. The summed E-state index contributed by atoms with van der Waals surface area (Å²) in [5, 5.41) is 2.76. The number of benzene rings is 2. The molecule has 23 heavy (non-hydrogen) atoms. The zero-order valence-corrected chi connectivity index (χ0v) is 12.7. The van der Waals surface area contributed by atoms with Gasteiger partial charge in [-0.05, 0) is 23.8 Å². The highest BCUT2D eigenvalue weighted by Crippen LogP contribution is 2.33. The van der Waals surface area contributed by atoms with Gasteiger partial charge in [0.2, 0.25) is 5.91 Å². The topological polar surface area (TPSA) is 58.6 Å². The fraction of sp³-hybridized carbons (Fsp3) is 0.111. The summed E-state index contributed by atoms with van der Waals surface area (Å²) in [6.07, 6.45) is 3.20. The number of anilines is 2. The van der Waals surface area contributed by atoms with E-state index in [1.54, 1.807) is 31.4 Å². The monoisotopic (exact) mass is 308 g/mol. The quantitative estimate of drug-likeness (QED) is 0.887. The third-order valence-corrected chi connectivity index (χ3v) is 3.56. The second-order valence-corrected chi connectivity index (χ2v) is 5.10. The molecule has 3 rings (SSSR count). The van der Waals surface area contributed by atoms with Crippen LogP contribution < -0.4 is 15.0 Å². The average molecular weight is 308 g/mol. The van der Waals surface area contributed by atoms with E-state index in [4.69, 9.17) is 4.74 Å². The van der Waals surface area contributed by atoms with Gasteiger partial charge >= 0.3 is 0 Å². The lowest BCUT2D eigenvalue weighted by Gasteiger charge is -2.28. The normalized spacial score (nSPS) is 13.6. The molecule has 0 unspecified atom stereocenters. The first-order valence-electron chi connectivity index (χ1n) is 7.20. The van der Waals surface area contributed by atoms with E-state index in [9.17, 15) is 9.59 Å². The van der Waals surface area contributed by atoms with Gasteiger partial charge in [-0.15, -0.1) is 0 Å². The fourth-order valence-electron chi connectivity index (χ4n) is 2.40. The molecule has 1 aliphatic heterocycles. The minimum atomic E-state index is -0.252. The van der Waals surface area contributed by atoms with Gasteiger partial charge in [0, 0.05) is 12.1 Å². The smallest absolute Gasteiger partial charge is 0.251 e. The summed E-state index contributed by atoms with van der Waals surface area (Å²) in [5.41, 5.74) is 2.16. The maximum absolute atomic E-state index is 12.5. The second-order valence-electron chi connectivity index (χ2n) is 5.10. The summed E-state index contributed by atoms with van der Waals surface area (Å²) in [4.78, 5) is 25.7. The Kier molecular flexibility index (Phi) is 4.10. The fourth-order valence-corrected chi connectivity index (χ4v) is 2.40. The van der Waals surface area contributed by atoms with Crippen molar-refractivity contribution in [2.45, 2.75) is 0 Å².